The largest absolute Gasteiger partial charge is 0.496 e. The van der Waals surface area contributed by atoms with Crippen molar-refractivity contribution < 1.29 is 18.7 Å². The van der Waals surface area contributed by atoms with Gasteiger partial charge < -0.3 is 30.0 Å². The minimum absolute atomic E-state index is 0.0558. The molecule has 0 saturated carbocycles. The second kappa shape index (κ2) is 11.6. The molecule has 35 heavy (non-hydrogen) atoms. The van der Waals surface area contributed by atoms with Gasteiger partial charge in [-0.05, 0) is 49.8 Å². The van der Waals surface area contributed by atoms with E-state index >= 15 is 0 Å². The van der Waals surface area contributed by atoms with Crippen molar-refractivity contribution in [3.8, 4) is 5.75 Å². The molecule has 0 spiro atoms. The number of halogens is 1. The average Bonchev–Trinajstić information content (AvgIpc) is 3.39. The number of amides is 2. The second-order valence-electron chi connectivity index (χ2n) is 9.28. The quantitative estimate of drug-likeness (QED) is 0.444. The fourth-order valence-corrected chi connectivity index (χ4v) is 4.95. The Morgan fingerprint density at radius 2 is 1.94 bits per heavy atom. The van der Waals surface area contributed by atoms with Crippen LogP contribution in [0.3, 0.4) is 0 Å². The molecule has 2 fully saturated rings. The number of ether oxygens (including phenoxy) is 1. The summed E-state index contributed by atoms with van der Waals surface area (Å²) in [6, 6.07) is 5.08. The molecule has 8 nitrogen and oxygen atoms in total. The summed E-state index contributed by atoms with van der Waals surface area (Å²) in [6.45, 7) is 4.50. The highest BCUT2D eigenvalue weighted by atomic mass is 35.5. The summed E-state index contributed by atoms with van der Waals surface area (Å²) >= 11 is 6.11. The van der Waals surface area contributed by atoms with E-state index in [4.69, 9.17) is 26.5 Å². The summed E-state index contributed by atoms with van der Waals surface area (Å²) in [6.07, 6.45) is 10.4. The normalized spacial score (nSPS) is 18.2. The first-order chi connectivity index (χ1) is 16.9. The fraction of sp³-hybridized carbons (Fsp3) is 0.462. The maximum absolute atomic E-state index is 12.8. The number of likely N-dealkylation sites (tertiary alicyclic amines) is 2. The Morgan fingerprint density at radius 1 is 1.20 bits per heavy atom. The Hall–Kier alpha value is -2.97. The Labute approximate surface area is 211 Å². The van der Waals surface area contributed by atoms with Gasteiger partial charge in [0.1, 0.15) is 5.75 Å². The number of nitrogens with two attached hydrogens (primary N) is 1. The smallest absolute Gasteiger partial charge is 0.255 e. The topological polar surface area (TPSA) is 101 Å². The number of piperidine rings is 2. The van der Waals surface area contributed by atoms with Crippen molar-refractivity contribution in [3.05, 3.63) is 53.0 Å². The number of nitrogens with one attached hydrogen (secondary N) is 1. The van der Waals surface area contributed by atoms with Gasteiger partial charge >= 0.3 is 0 Å². The molecule has 3 N–H and O–H groups in total. The van der Waals surface area contributed by atoms with E-state index in [2.05, 4.69) is 10.2 Å². The number of carbonyl (C=O) groups is 2. The van der Waals surface area contributed by atoms with Crippen molar-refractivity contribution in [1.29, 1.82) is 0 Å². The van der Waals surface area contributed by atoms with Crippen LogP contribution in [0.2, 0.25) is 5.02 Å². The van der Waals surface area contributed by atoms with Gasteiger partial charge in [0, 0.05) is 56.5 Å². The van der Waals surface area contributed by atoms with Crippen LogP contribution in [-0.4, -0.2) is 67.5 Å². The molecule has 0 aliphatic carbocycles. The number of furan rings is 1. The molecule has 3 heterocycles. The van der Waals surface area contributed by atoms with E-state index in [1.165, 1.54) is 7.11 Å². The molecule has 2 amide bonds. The lowest BCUT2D eigenvalue weighted by Crippen LogP contribution is -2.47. The zero-order valence-corrected chi connectivity index (χ0v) is 20.8. The fourth-order valence-electron chi connectivity index (χ4n) is 4.78. The molecule has 2 aromatic rings. The van der Waals surface area contributed by atoms with Gasteiger partial charge in [0.25, 0.3) is 5.91 Å². The average molecular weight is 501 g/mol. The van der Waals surface area contributed by atoms with E-state index in [-0.39, 0.29) is 17.9 Å². The third-order valence-electron chi connectivity index (χ3n) is 6.89. The number of carbonyl (C=O) groups excluding carboxylic acids is 2. The molecule has 9 heteroatoms. The van der Waals surface area contributed by atoms with Crippen LogP contribution >= 0.6 is 11.6 Å². The second-order valence-corrected chi connectivity index (χ2v) is 9.69. The van der Waals surface area contributed by atoms with Crippen molar-refractivity contribution in [3.63, 3.8) is 0 Å². The van der Waals surface area contributed by atoms with Crippen LogP contribution in [0, 0.1) is 5.92 Å². The lowest BCUT2D eigenvalue weighted by atomic mass is 9.94. The molecule has 4 rings (SSSR count). The highest BCUT2D eigenvalue weighted by Gasteiger charge is 2.27. The maximum Gasteiger partial charge on any atom is 0.255 e. The van der Waals surface area contributed by atoms with Gasteiger partial charge in [0.05, 0.1) is 35.9 Å². The van der Waals surface area contributed by atoms with Crippen LogP contribution in [0.4, 0.5) is 5.69 Å². The highest BCUT2D eigenvalue weighted by molar-refractivity contribution is 6.33. The van der Waals surface area contributed by atoms with E-state index in [1.807, 2.05) is 11.0 Å². The van der Waals surface area contributed by atoms with Crippen molar-refractivity contribution in [2.24, 2.45) is 5.92 Å². The first-order valence-corrected chi connectivity index (χ1v) is 12.5. The zero-order chi connectivity index (χ0) is 24.8. The molecule has 188 valence electrons. The Balaban J connectivity index is 1.19. The molecule has 1 aromatic heterocycles. The number of methoxy groups -OCH3 is 1. The third-order valence-corrected chi connectivity index (χ3v) is 7.22. The predicted molar refractivity (Wildman–Crippen MR) is 136 cm³/mol. The SMILES string of the molecule is COc1cc(N)c(Cl)cc1C(=O)NC1CCN(CC2CCN(C(=O)/C=C/c3ccoc3)CC2)CC1. The van der Waals surface area contributed by atoms with Crippen molar-refractivity contribution in [2.75, 3.05) is 45.6 Å². The van der Waals surface area contributed by atoms with Gasteiger partial charge in [-0.2, -0.15) is 0 Å². The van der Waals surface area contributed by atoms with Crippen molar-refractivity contribution >= 4 is 35.2 Å². The molecule has 0 unspecified atom stereocenters. The van der Waals surface area contributed by atoms with Gasteiger partial charge in [-0.15, -0.1) is 0 Å². The van der Waals surface area contributed by atoms with E-state index in [0.29, 0.717) is 27.9 Å². The van der Waals surface area contributed by atoms with Gasteiger partial charge in [0.2, 0.25) is 5.91 Å². The molecular weight excluding hydrogens is 468 g/mol. The highest BCUT2D eigenvalue weighted by Crippen LogP contribution is 2.29. The zero-order valence-electron chi connectivity index (χ0n) is 20.0. The van der Waals surface area contributed by atoms with Crippen LogP contribution < -0.4 is 15.8 Å². The molecule has 0 radical (unpaired) electrons. The number of rotatable bonds is 7. The summed E-state index contributed by atoms with van der Waals surface area (Å²) < 4.78 is 10.3. The minimum Gasteiger partial charge on any atom is -0.496 e. The van der Waals surface area contributed by atoms with Gasteiger partial charge in [-0.25, -0.2) is 0 Å². The van der Waals surface area contributed by atoms with E-state index in [9.17, 15) is 9.59 Å². The predicted octanol–water partition coefficient (Wildman–Crippen LogP) is 3.67. The van der Waals surface area contributed by atoms with Crippen molar-refractivity contribution in [1.82, 2.24) is 15.1 Å². The van der Waals surface area contributed by atoms with E-state index < -0.39 is 0 Å². The van der Waals surface area contributed by atoms with E-state index in [0.717, 1.165) is 64.0 Å². The molecule has 0 atom stereocenters. The molecule has 2 aliphatic rings. The lowest BCUT2D eigenvalue weighted by Gasteiger charge is -2.37. The Kier molecular flexibility index (Phi) is 8.36. The molecule has 0 bridgehead atoms. The maximum atomic E-state index is 12.8. The van der Waals surface area contributed by atoms with Crippen molar-refractivity contribution in [2.45, 2.75) is 31.7 Å². The monoisotopic (exact) mass is 500 g/mol. The molecular formula is C26H33ClN4O4. The molecule has 2 aliphatic heterocycles. The summed E-state index contributed by atoms with van der Waals surface area (Å²) in [5, 5.41) is 3.46. The number of nitrogens with zero attached hydrogens (tertiary/aromatic N) is 2. The number of benzene rings is 1. The number of hydrogen-bond acceptors (Lipinski definition) is 6. The third kappa shape index (κ3) is 6.58. The lowest BCUT2D eigenvalue weighted by molar-refractivity contribution is -0.127. The summed E-state index contributed by atoms with van der Waals surface area (Å²) in [5.41, 5.74) is 7.50. The van der Waals surface area contributed by atoms with E-state index in [1.54, 1.807) is 36.8 Å². The van der Waals surface area contributed by atoms with Gasteiger partial charge in [0.15, 0.2) is 0 Å². The van der Waals surface area contributed by atoms with Crippen LogP contribution in [0.15, 0.2) is 41.2 Å². The molecule has 2 saturated heterocycles. The minimum atomic E-state index is -0.193. The number of hydrogen-bond donors (Lipinski definition) is 2. The number of anilines is 1. The number of nitrogen functional groups attached to an aromatic ring is 1. The Bertz CT molecular complexity index is 1040. The van der Waals surface area contributed by atoms with Crippen LogP contribution in [0.5, 0.6) is 5.75 Å². The van der Waals surface area contributed by atoms with Crippen LogP contribution in [-0.2, 0) is 4.79 Å². The molecule has 1 aromatic carbocycles. The standard InChI is InChI=1S/C26H33ClN4O4/c1-34-24-15-23(28)22(27)14-21(24)26(33)29-20-6-9-30(10-7-20)16-18-4-11-31(12-5-18)25(32)3-2-19-8-13-35-17-19/h2-3,8,13-15,17-18,20H,4-7,9-12,16,28H2,1H3,(H,29,33)/b3-2+. The van der Waals surface area contributed by atoms with Gasteiger partial charge in [-0.1, -0.05) is 11.6 Å². The summed E-state index contributed by atoms with van der Waals surface area (Å²) in [4.78, 5) is 29.6. The Morgan fingerprint density at radius 3 is 2.60 bits per heavy atom. The van der Waals surface area contributed by atoms with Crippen LogP contribution in [0.25, 0.3) is 6.08 Å². The van der Waals surface area contributed by atoms with Gasteiger partial charge in [-0.3, -0.25) is 9.59 Å². The summed E-state index contributed by atoms with van der Waals surface area (Å²) in [7, 11) is 1.51. The van der Waals surface area contributed by atoms with Crippen LogP contribution in [0.1, 0.15) is 41.6 Å². The first-order valence-electron chi connectivity index (χ1n) is 12.1. The summed E-state index contributed by atoms with van der Waals surface area (Å²) in [5.74, 6) is 0.870. The first kappa shape index (κ1) is 25.1.